The molecule has 6 heteroatoms. The molecule has 1 saturated heterocycles. The van der Waals surface area contributed by atoms with Gasteiger partial charge in [0.2, 0.25) is 0 Å². The van der Waals surface area contributed by atoms with Crippen LogP contribution in [0.1, 0.15) is 32.6 Å². The fraction of sp³-hybridized carbons (Fsp3) is 0.529. The standard InChI is InChI=1S/C17H23ClN4O/c1-2-14(23)11-22-17(19-12-20-22)15-10-13(6-7-16(15)18)21-8-4-3-5-9-21/h6-7,10,12,14,23H,2-5,8-9,11H2,1H3/t14-/m0/s1. The zero-order valence-corrected chi connectivity index (χ0v) is 14.2. The van der Waals surface area contributed by atoms with Gasteiger partial charge >= 0.3 is 0 Å². The largest absolute Gasteiger partial charge is 0.391 e. The predicted octanol–water partition coefficient (Wildman–Crippen LogP) is 3.36. The molecule has 2 aromatic rings. The van der Waals surface area contributed by atoms with E-state index in [1.165, 1.54) is 31.3 Å². The van der Waals surface area contributed by atoms with E-state index in [2.05, 4.69) is 27.1 Å². The van der Waals surface area contributed by atoms with Crippen LogP contribution in [0.3, 0.4) is 0 Å². The van der Waals surface area contributed by atoms with Crippen LogP contribution in [0, 0.1) is 0 Å². The van der Waals surface area contributed by atoms with E-state index in [9.17, 15) is 5.11 Å². The van der Waals surface area contributed by atoms with Crippen molar-refractivity contribution in [1.82, 2.24) is 14.8 Å². The summed E-state index contributed by atoms with van der Waals surface area (Å²) in [6, 6.07) is 6.08. The lowest BCUT2D eigenvalue weighted by atomic mass is 10.1. The minimum absolute atomic E-state index is 0.427. The normalized spacial score (nSPS) is 16.6. The minimum Gasteiger partial charge on any atom is -0.391 e. The molecule has 0 bridgehead atoms. The molecular formula is C17H23ClN4O. The zero-order valence-electron chi connectivity index (χ0n) is 13.5. The zero-order chi connectivity index (χ0) is 16.2. The van der Waals surface area contributed by atoms with Crippen molar-refractivity contribution in [2.75, 3.05) is 18.0 Å². The monoisotopic (exact) mass is 334 g/mol. The highest BCUT2D eigenvalue weighted by molar-refractivity contribution is 6.33. The van der Waals surface area contributed by atoms with Crippen molar-refractivity contribution in [3.8, 4) is 11.4 Å². The topological polar surface area (TPSA) is 54.2 Å². The highest BCUT2D eigenvalue weighted by atomic mass is 35.5. The van der Waals surface area contributed by atoms with Gasteiger partial charge in [-0.1, -0.05) is 18.5 Å². The molecule has 23 heavy (non-hydrogen) atoms. The van der Waals surface area contributed by atoms with Gasteiger partial charge < -0.3 is 10.0 Å². The molecule has 1 aromatic carbocycles. The summed E-state index contributed by atoms with van der Waals surface area (Å²) in [4.78, 5) is 6.75. The Bertz CT molecular complexity index is 652. The van der Waals surface area contributed by atoms with Crippen molar-refractivity contribution in [2.45, 2.75) is 45.3 Å². The second-order valence-corrected chi connectivity index (χ2v) is 6.45. The van der Waals surface area contributed by atoms with Crippen LogP contribution in [0.5, 0.6) is 0 Å². The summed E-state index contributed by atoms with van der Waals surface area (Å²) in [5, 5.41) is 14.8. The number of anilines is 1. The lowest BCUT2D eigenvalue weighted by molar-refractivity contribution is 0.146. The highest BCUT2D eigenvalue weighted by Crippen LogP contribution is 2.31. The molecule has 3 rings (SSSR count). The number of nitrogens with zero attached hydrogens (tertiary/aromatic N) is 4. The second kappa shape index (κ2) is 7.32. The Morgan fingerprint density at radius 2 is 2.04 bits per heavy atom. The van der Waals surface area contributed by atoms with E-state index in [0.717, 1.165) is 18.7 Å². The maximum absolute atomic E-state index is 9.90. The molecule has 1 atom stereocenters. The number of piperidine rings is 1. The first-order valence-electron chi connectivity index (χ1n) is 8.29. The number of aromatic nitrogens is 3. The van der Waals surface area contributed by atoms with Crippen molar-refractivity contribution in [3.63, 3.8) is 0 Å². The van der Waals surface area contributed by atoms with Crippen molar-refractivity contribution in [3.05, 3.63) is 29.5 Å². The number of halogens is 1. The predicted molar refractivity (Wildman–Crippen MR) is 92.8 cm³/mol. The molecule has 2 heterocycles. The van der Waals surface area contributed by atoms with Gasteiger partial charge in [-0.05, 0) is 43.9 Å². The van der Waals surface area contributed by atoms with E-state index in [1.54, 1.807) is 4.68 Å². The first-order chi connectivity index (χ1) is 11.2. The molecule has 0 aliphatic carbocycles. The molecule has 1 aromatic heterocycles. The molecule has 5 nitrogen and oxygen atoms in total. The van der Waals surface area contributed by atoms with E-state index in [-0.39, 0.29) is 0 Å². The highest BCUT2D eigenvalue weighted by Gasteiger charge is 2.17. The van der Waals surface area contributed by atoms with E-state index in [1.807, 2.05) is 13.0 Å². The first-order valence-corrected chi connectivity index (χ1v) is 8.67. The molecule has 0 unspecified atom stereocenters. The van der Waals surface area contributed by atoms with Gasteiger partial charge in [0.25, 0.3) is 0 Å². The van der Waals surface area contributed by atoms with Crippen LogP contribution in [0.25, 0.3) is 11.4 Å². The molecule has 0 spiro atoms. The van der Waals surface area contributed by atoms with Gasteiger partial charge in [-0.15, -0.1) is 0 Å². The lowest BCUT2D eigenvalue weighted by Gasteiger charge is -2.29. The van der Waals surface area contributed by atoms with Gasteiger partial charge in [0.15, 0.2) is 5.82 Å². The Balaban J connectivity index is 1.91. The van der Waals surface area contributed by atoms with Crippen molar-refractivity contribution in [1.29, 1.82) is 0 Å². The average molecular weight is 335 g/mol. The third-order valence-corrected chi connectivity index (χ3v) is 4.71. The summed E-state index contributed by atoms with van der Waals surface area (Å²) >= 11 is 6.41. The molecule has 0 radical (unpaired) electrons. The van der Waals surface area contributed by atoms with Gasteiger partial charge in [0, 0.05) is 24.3 Å². The van der Waals surface area contributed by atoms with Gasteiger partial charge in [-0.2, -0.15) is 5.10 Å². The molecule has 1 fully saturated rings. The maximum Gasteiger partial charge on any atom is 0.159 e. The summed E-state index contributed by atoms with van der Waals surface area (Å²) in [5.74, 6) is 0.710. The van der Waals surface area contributed by atoms with Crippen molar-refractivity contribution >= 4 is 17.3 Å². The molecule has 0 saturated carbocycles. The first kappa shape index (κ1) is 16.3. The summed E-state index contributed by atoms with van der Waals surface area (Å²) in [6.45, 7) is 4.55. The van der Waals surface area contributed by atoms with E-state index < -0.39 is 6.10 Å². The number of hydrogen-bond acceptors (Lipinski definition) is 4. The van der Waals surface area contributed by atoms with Crippen LogP contribution in [0.15, 0.2) is 24.5 Å². The summed E-state index contributed by atoms with van der Waals surface area (Å²) in [7, 11) is 0. The Kier molecular flexibility index (Phi) is 5.18. The molecule has 0 amide bonds. The van der Waals surface area contributed by atoms with Crippen LogP contribution in [-0.2, 0) is 6.54 Å². The fourth-order valence-corrected chi connectivity index (χ4v) is 3.17. The maximum atomic E-state index is 9.90. The van der Waals surface area contributed by atoms with Crippen LogP contribution in [-0.4, -0.2) is 39.1 Å². The minimum atomic E-state index is -0.431. The smallest absolute Gasteiger partial charge is 0.159 e. The van der Waals surface area contributed by atoms with Crippen LogP contribution < -0.4 is 4.90 Å². The number of aliphatic hydroxyl groups is 1. The number of rotatable bonds is 5. The average Bonchev–Trinajstić information content (AvgIpc) is 3.04. The molecule has 1 aliphatic rings. The van der Waals surface area contributed by atoms with Crippen molar-refractivity contribution < 1.29 is 5.11 Å². The second-order valence-electron chi connectivity index (χ2n) is 6.04. The van der Waals surface area contributed by atoms with E-state index in [4.69, 9.17) is 11.6 Å². The van der Waals surface area contributed by atoms with E-state index >= 15 is 0 Å². The van der Waals surface area contributed by atoms with Gasteiger partial charge in [0.05, 0.1) is 17.7 Å². The summed E-state index contributed by atoms with van der Waals surface area (Å²) < 4.78 is 1.73. The number of hydrogen-bond donors (Lipinski definition) is 1. The quantitative estimate of drug-likeness (QED) is 0.911. The Morgan fingerprint density at radius 1 is 1.26 bits per heavy atom. The number of benzene rings is 1. The molecule has 1 N–H and O–H groups in total. The van der Waals surface area contributed by atoms with Crippen LogP contribution >= 0.6 is 11.6 Å². The van der Waals surface area contributed by atoms with Gasteiger partial charge in [0.1, 0.15) is 6.33 Å². The summed E-state index contributed by atoms with van der Waals surface area (Å²) in [6.07, 6.45) is 5.54. The fourth-order valence-electron chi connectivity index (χ4n) is 2.97. The third kappa shape index (κ3) is 3.67. The third-order valence-electron chi connectivity index (χ3n) is 4.38. The lowest BCUT2D eigenvalue weighted by Crippen LogP contribution is -2.29. The molecule has 1 aliphatic heterocycles. The Labute approximate surface area is 141 Å². The van der Waals surface area contributed by atoms with Crippen LogP contribution in [0.4, 0.5) is 5.69 Å². The molecular weight excluding hydrogens is 312 g/mol. The number of aliphatic hydroxyl groups excluding tert-OH is 1. The SMILES string of the molecule is CC[C@H](O)Cn1ncnc1-c1cc(N2CCCCC2)ccc1Cl. The summed E-state index contributed by atoms with van der Waals surface area (Å²) in [5.41, 5.74) is 2.05. The Morgan fingerprint density at radius 3 is 2.78 bits per heavy atom. The van der Waals surface area contributed by atoms with Gasteiger partial charge in [-0.25, -0.2) is 9.67 Å². The molecule has 124 valence electrons. The Hall–Kier alpha value is -1.59. The van der Waals surface area contributed by atoms with E-state index in [0.29, 0.717) is 23.8 Å². The van der Waals surface area contributed by atoms with Gasteiger partial charge in [-0.3, -0.25) is 0 Å². The van der Waals surface area contributed by atoms with Crippen LogP contribution in [0.2, 0.25) is 5.02 Å². The van der Waals surface area contributed by atoms with Crippen molar-refractivity contribution in [2.24, 2.45) is 0 Å².